The van der Waals surface area contributed by atoms with Crippen molar-refractivity contribution in [2.24, 2.45) is 12.0 Å². The minimum absolute atomic E-state index is 0.671. The van der Waals surface area contributed by atoms with Gasteiger partial charge >= 0.3 is 0 Å². The number of nitrogens with zero attached hydrogens (tertiary/aromatic N) is 3. The van der Waals surface area contributed by atoms with Crippen LogP contribution >= 0.6 is 23.4 Å². The van der Waals surface area contributed by atoms with E-state index in [1.807, 2.05) is 60.6 Å². The zero-order valence-corrected chi connectivity index (χ0v) is 15.8. The van der Waals surface area contributed by atoms with Crippen LogP contribution in [0.25, 0.3) is 5.57 Å². The maximum absolute atomic E-state index is 6.46. The van der Waals surface area contributed by atoms with Crippen LogP contribution < -0.4 is 5.32 Å². The second-order valence-corrected chi connectivity index (χ2v) is 7.36. The number of aliphatic imine (C=N–C) groups is 1. The number of anilines is 1. The van der Waals surface area contributed by atoms with Crippen molar-refractivity contribution in [3.63, 3.8) is 0 Å². The lowest BCUT2D eigenvalue weighted by Crippen LogP contribution is -2.03. The second kappa shape index (κ2) is 7.40. The molecule has 0 saturated heterocycles. The number of aromatic nitrogens is 2. The summed E-state index contributed by atoms with van der Waals surface area (Å²) >= 11 is 8.01. The lowest BCUT2D eigenvalue weighted by atomic mass is 9.99. The zero-order chi connectivity index (χ0) is 17.9. The summed E-state index contributed by atoms with van der Waals surface area (Å²) in [5.41, 5.74) is 4.46. The Morgan fingerprint density at radius 3 is 2.92 bits per heavy atom. The van der Waals surface area contributed by atoms with E-state index in [1.165, 1.54) is 5.56 Å². The Bertz CT molecular complexity index is 1010. The molecule has 26 heavy (non-hydrogen) atoms. The van der Waals surface area contributed by atoms with E-state index in [9.17, 15) is 0 Å². The first kappa shape index (κ1) is 16.9. The lowest BCUT2D eigenvalue weighted by Gasteiger charge is -2.14. The van der Waals surface area contributed by atoms with Crippen molar-refractivity contribution in [3.8, 4) is 0 Å². The summed E-state index contributed by atoms with van der Waals surface area (Å²) in [4.78, 5) is 9.72. The molecule has 0 bridgehead atoms. The fraction of sp³-hybridized carbons (Fsp3) is 0.100. The van der Waals surface area contributed by atoms with Gasteiger partial charge in [-0.2, -0.15) is 0 Å². The Labute approximate surface area is 161 Å². The predicted octanol–water partition coefficient (Wildman–Crippen LogP) is 5.11. The highest BCUT2D eigenvalue weighted by Gasteiger charge is 2.10. The van der Waals surface area contributed by atoms with Crippen LogP contribution in [-0.2, 0) is 7.05 Å². The van der Waals surface area contributed by atoms with Crippen molar-refractivity contribution >= 4 is 40.8 Å². The molecule has 1 aliphatic heterocycles. The van der Waals surface area contributed by atoms with E-state index in [2.05, 4.69) is 27.4 Å². The van der Waals surface area contributed by atoms with Gasteiger partial charge in [0.1, 0.15) is 0 Å². The van der Waals surface area contributed by atoms with Gasteiger partial charge in [0.2, 0.25) is 0 Å². The fourth-order valence-electron chi connectivity index (χ4n) is 2.75. The Balaban J connectivity index is 1.52. The molecular formula is C20H17ClN4S. The third-order valence-corrected chi connectivity index (χ3v) is 5.70. The van der Waals surface area contributed by atoms with Crippen LogP contribution in [0.1, 0.15) is 11.1 Å². The predicted molar refractivity (Wildman–Crippen MR) is 109 cm³/mol. The molecule has 4 rings (SSSR count). The minimum atomic E-state index is 0.671. The van der Waals surface area contributed by atoms with Crippen molar-refractivity contribution in [3.05, 3.63) is 77.2 Å². The monoisotopic (exact) mass is 380 g/mol. The van der Waals surface area contributed by atoms with Gasteiger partial charge in [0.15, 0.2) is 5.16 Å². The van der Waals surface area contributed by atoms with Crippen molar-refractivity contribution in [1.82, 2.24) is 9.55 Å². The molecule has 1 aliphatic rings. The molecule has 0 radical (unpaired) electrons. The number of hydrogen-bond acceptors (Lipinski definition) is 4. The topological polar surface area (TPSA) is 42.2 Å². The molecule has 1 N–H and O–H groups in total. The second-order valence-electron chi connectivity index (χ2n) is 5.94. The zero-order valence-electron chi connectivity index (χ0n) is 14.2. The minimum Gasteiger partial charge on any atom is -0.361 e. The first-order valence-corrected chi connectivity index (χ1v) is 9.40. The maximum atomic E-state index is 6.46. The summed E-state index contributed by atoms with van der Waals surface area (Å²) in [5, 5.41) is 4.95. The molecule has 0 spiro atoms. The average Bonchev–Trinajstić information content (AvgIpc) is 3.06. The van der Waals surface area contributed by atoms with Crippen molar-refractivity contribution in [2.75, 3.05) is 11.9 Å². The molecule has 1 aromatic heterocycles. The van der Waals surface area contributed by atoms with E-state index in [-0.39, 0.29) is 0 Å². The van der Waals surface area contributed by atoms with E-state index in [0.717, 1.165) is 26.9 Å². The standard InChI is InChI=1S/C20H17ClN4S/c1-25-9-8-23-20(25)26-19-7-6-16(10-18(19)21)24-13-15-12-22-11-14-4-2-3-5-17(14)15/h2-11,13,24H,12H2,1H3/b15-13+. The number of aryl methyl sites for hydroxylation is 1. The van der Waals surface area contributed by atoms with Crippen LogP contribution in [0.2, 0.25) is 5.02 Å². The van der Waals surface area contributed by atoms with Crippen LogP contribution in [0, 0.1) is 0 Å². The Morgan fingerprint density at radius 1 is 1.23 bits per heavy atom. The van der Waals surface area contributed by atoms with Crippen LogP contribution in [0.15, 0.2) is 76.1 Å². The van der Waals surface area contributed by atoms with Gasteiger partial charge in [-0.05, 0) is 34.9 Å². The maximum Gasteiger partial charge on any atom is 0.172 e. The summed E-state index contributed by atoms with van der Waals surface area (Å²) in [6.45, 7) is 0.671. The molecule has 0 saturated carbocycles. The molecule has 3 aromatic rings. The molecule has 0 unspecified atom stereocenters. The lowest BCUT2D eigenvalue weighted by molar-refractivity contribution is 0.790. The number of fused-ring (bicyclic) bond motifs is 1. The number of benzene rings is 2. The Hall–Kier alpha value is -2.50. The van der Waals surface area contributed by atoms with E-state index in [4.69, 9.17) is 11.6 Å². The van der Waals surface area contributed by atoms with Crippen molar-refractivity contribution < 1.29 is 0 Å². The third kappa shape index (κ3) is 3.54. The molecular weight excluding hydrogens is 364 g/mol. The molecule has 130 valence electrons. The molecule has 0 amide bonds. The number of imidazole rings is 1. The summed E-state index contributed by atoms with van der Waals surface area (Å²) in [6, 6.07) is 14.2. The van der Waals surface area contributed by atoms with Gasteiger partial charge in [-0.15, -0.1) is 0 Å². The normalized spacial score (nSPS) is 14.5. The molecule has 0 aliphatic carbocycles. The number of nitrogens with one attached hydrogen (secondary N) is 1. The molecule has 6 heteroatoms. The van der Waals surface area contributed by atoms with Gasteiger partial charge in [-0.3, -0.25) is 4.99 Å². The molecule has 2 heterocycles. The quantitative estimate of drug-likeness (QED) is 0.683. The first-order valence-electron chi connectivity index (χ1n) is 8.20. The Kier molecular flexibility index (Phi) is 4.82. The van der Waals surface area contributed by atoms with Crippen molar-refractivity contribution in [2.45, 2.75) is 10.1 Å². The van der Waals surface area contributed by atoms with E-state index in [1.54, 1.807) is 18.0 Å². The summed E-state index contributed by atoms with van der Waals surface area (Å²) in [6.07, 6.45) is 7.63. The largest absolute Gasteiger partial charge is 0.361 e. The highest BCUT2D eigenvalue weighted by molar-refractivity contribution is 7.99. The van der Waals surface area contributed by atoms with Crippen LogP contribution in [-0.4, -0.2) is 22.3 Å². The molecule has 0 atom stereocenters. The van der Waals surface area contributed by atoms with E-state index >= 15 is 0 Å². The Morgan fingerprint density at radius 2 is 2.12 bits per heavy atom. The fourth-order valence-corrected chi connectivity index (χ4v) is 3.85. The highest BCUT2D eigenvalue weighted by atomic mass is 35.5. The number of halogens is 1. The number of hydrogen-bond donors (Lipinski definition) is 1. The summed E-state index contributed by atoms with van der Waals surface area (Å²) < 4.78 is 1.97. The van der Waals surface area contributed by atoms with Crippen LogP contribution in [0.5, 0.6) is 0 Å². The molecule has 0 fully saturated rings. The highest BCUT2D eigenvalue weighted by Crippen LogP contribution is 2.34. The first-order chi connectivity index (χ1) is 12.7. The SMILES string of the molecule is Cn1ccnc1Sc1ccc(N/C=C2\CN=Cc3ccccc32)cc1Cl. The van der Waals surface area contributed by atoms with Crippen molar-refractivity contribution in [1.29, 1.82) is 0 Å². The molecule has 4 nitrogen and oxygen atoms in total. The van der Waals surface area contributed by atoms with Crippen LogP contribution in [0.4, 0.5) is 5.69 Å². The van der Waals surface area contributed by atoms with Gasteiger partial charge < -0.3 is 9.88 Å². The van der Waals surface area contributed by atoms with Gasteiger partial charge in [-0.1, -0.05) is 47.6 Å². The van der Waals surface area contributed by atoms with Gasteiger partial charge in [0.05, 0.1) is 11.6 Å². The van der Waals surface area contributed by atoms with Crippen LogP contribution in [0.3, 0.4) is 0 Å². The van der Waals surface area contributed by atoms with E-state index < -0.39 is 0 Å². The summed E-state index contributed by atoms with van der Waals surface area (Å²) in [7, 11) is 1.97. The van der Waals surface area contributed by atoms with Gasteiger partial charge in [0, 0.05) is 42.4 Å². The smallest absolute Gasteiger partial charge is 0.172 e. The van der Waals surface area contributed by atoms with Gasteiger partial charge in [0.25, 0.3) is 0 Å². The van der Waals surface area contributed by atoms with Gasteiger partial charge in [-0.25, -0.2) is 4.98 Å². The third-order valence-electron chi connectivity index (χ3n) is 4.12. The average molecular weight is 381 g/mol. The summed E-state index contributed by atoms with van der Waals surface area (Å²) in [5.74, 6) is 0. The molecule has 2 aromatic carbocycles. The number of rotatable bonds is 4. The van der Waals surface area contributed by atoms with E-state index in [0.29, 0.717) is 11.6 Å².